The molecule has 0 bridgehead atoms. The van der Waals surface area contributed by atoms with Crippen molar-refractivity contribution in [2.24, 2.45) is 0 Å². The van der Waals surface area contributed by atoms with Crippen LogP contribution in [-0.2, 0) is 13.0 Å². The van der Waals surface area contributed by atoms with E-state index in [1.54, 1.807) is 39.8 Å². The van der Waals surface area contributed by atoms with Gasteiger partial charge < -0.3 is 24.8 Å². The zero-order chi connectivity index (χ0) is 23.4. The summed E-state index contributed by atoms with van der Waals surface area (Å²) >= 11 is 0. The number of nitrogens with one attached hydrogen (secondary N) is 2. The normalized spacial score (nSPS) is 14.5. The highest BCUT2D eigenvalue weighted by molar-refractivity contribution is 5.83. The van der Waals surface area contributed by atoms with Gasteiger partial charge in [0.2, 0.25) is 11.2 Å². The summed E-state index contributed by atoms with van der Waals surface area (Å²) in [5.74, 6) is 1.77. The van der Waals surface area contributed by atoms with Crippen molar-refractivity contribution in [1.29, 1.82) is 0 Å². The van der Waals surface area contributed by atoms with E-state index >= 15 is 0 Å². The molecule has 33 heavy (non-hydrogen) atoms. The van der Waals surface area contributed by atoms with E-state index in [2.05, 4.69) is 15.6 Å². The van der Waals surface area contributed by atoms with Crippen molar-refractivity contribution in [3.8, 4) is 28.4 Å². The number of rotatable bonds is 7. The predicted molar refractivity (Wildman–Crippen MR) is 129 cm³/mol. The topological polar surface area (TPSA) is 81.7 Å². The van der Waals surface area contributed by atoms with Gasteiger partial charge in [-0.1, -0.05) is 12.1 Å². The molecule has 1 aliphatic rings. The second kappa shape index (κ2) is 9.92. The summed E-state index contributed by atoms with van der Waals surface area (Å²) in [6, 6.07) is 11.4. The Morgan fingerprint density at radius 2 is 1.88 bits per heavy atom. The van der Waals surface area contributed by atoms with Crippen LogP contribution in [0.15, 0.2) is 53.6 Å². The molecular formula is C26H29N3O4. The molecule has 172 valence electrons. The SMILES string of the molecule is CN[C@@H]1CCc2cc(OC)c(OC)c(OC)c2-c2ccc(NCc3cccnc3)c(=O)cc21. The third-order valence-corrected chi connectivity index (χ3v) is 6.09. The van der Waals surface area contributed by atoms with Crippen LogP contribution >= 0.6 is 0 Å². The molecule has 0 saturated heterocycles. The first-order chi connectivity index (χ1) is 16.1. The molecule has 2 N–H and O–H groups in total. The predicted octanol–water partition coefficient (Wildman–Crippen LogP) is 3.95. The number of methoxy groups -OCH3 is 3. The van der Waals surface area contributed by atoms with E-state index in [1.807, 2.05) is 37.4 Å². The van der Waals surface area contributed by atoms with Crippen molar-refractivity contribution in [3.05, 3.63) is 75.7 Å². The largest absolute Gasteiger partial charge is 0.493 e. The summed E-state index contributed by atoms with van der Waals surface area (Å²) in [4.78, 5) is 17.3. The van der Waals surface area contributed by atoms with Crippen LogP contribution in [0.4, 0.5) is 5.69 Å². The summed E-state index contributed by atoms with van der Waals surface area (Å²) < 4.78 is 17.0. The van der Waals surface area contributed by atoms with Crippen molar-refractivity contribution in [1.82, 2.24) is 10.3 Å². The average Bonchev–Trinajstić information content (AvgIpc) is 3.09. The van der Waals surface area contributed by atoms with Crippen LogP contribution in [-0.4, -0.2) is 33.4 Å². The Bertz CT molecular complexity index is 1200. The average molecular weight is 448 g/mol. The zero-order valence-electron chi connectivity index (χ0n) is 19.4. The highest BCUT2D eigenvalue weighted by atomic mass is 16.5. The number of nitrogens with zero attached hydrogens (tertiary/aromatic N) is 1. The maximum Gasteiger partial charge on any atom is 0.203 e. The fraction of sp³-hybridized carbons (Fsp3) is 0.308. The van der Waals surface area contributed by atoms with Gasteiger partial charge in [0.15, 0.2) is 11.5 Å². The first kappa shape index (κ1) is 22.6. The second-order valence-corrected chi connectivity index (χ2v) is 7.90. The molecule has 1 heterocycles. The molecule has 0 unspecified atom stereocenters. The van der Waals surface area contributed by atoms with Crippen LogP contribution in [0, 0.1) is 0 Å². The van der Waals surface area contributed by atoms with E-state index in [0.29, 0.717) is 29.5 Å². The number of aryl methyl sites for hydroxylation is 1. The van der Waals surface area contributed by atoms with Crippen molar-refractivity contribution >= 4 is 5.69 Å². The number of aromatic nitrogens is 1. The molecule has 0 radical (unpaired) electrons. The Kier molecular flexibility index (Phi) is 6.79. The maximum absolute atomic E-state index is 13.2. The van der Waals surface area contributed by atoms with Crippen molar-refractivity contribution in [2.45, 2.75) is 25.4 Å². The lowest BCUT2D eigenvalue weighted by molar-refractivity contribution is 0.324. The standard InChI is InChI=1S/C26H29N3O4/c1-27-20-9-7-17-12-23(31-2)25(32-3)26(33-4)24(17)18-8-10-21(22(30)13-19(18)20)29-15-16-6-5-11-28-14-16/h5-6,8,10-14,20,27H,7,9,15H2,1-4H3,(H,29,30)/t20-/m1/s1. The molecule has 0 saturated carbocycles. The fourth-order valence-electron chi connectivity index (χ4n) is 4.46. The molecule has 1 aliphatic carbocycles. The zero-order valence-corrected chi connectivity index (χ0v) is 19.4. The van der Waals surface area contributed by atoms with Crippen LogP contribution in [0.1, 0.15) is 29.2 Å². The Morgan fingerprint density at radius 1 is 1.06 bits per heavy atom. The maximum atomic E-state index is 13.2. The highest BCUT2D eigenvalue weighted by Crippen LogP contribution is 2.50. The minimum Gasteiger partial charge on any atom is -0.493 e. The number of pyridine rings is 1. The number of anilines is 1. The van der Waals surface area contributed by atoms with Crippen molar-refractivity contribution < 1.29 is 14.2 Å². The number of hydrogen-bond donors (Lipinski definition) is 2. The summed E-state index contributed by atoms with van der Waals surface area (Å²) in [5.41, 5.74) is 5.35. The van der Waals surface area contributed by atoms with Gasteiger partial charge in [-0.05, 0) is 66.4 Å². The molecule has 1 atom stereocenters. The van der Waals surface area contributed by atoms with Gasteiger partial charge in [-0.2, -0.15) is 0 Å². The number of ether oxygens (including phenoxy) is 3. The lowest BCUT2D eigenvalue weighted by Gasteiger charge is -2.19. The van der Waals surface area contributed by atoms with Gasteiger partial charge in [-0.15, -0.1) is 0 Å². The van der Waals surface area contributed by atoms with Gasteiger partial charge in [-0.3, -0.25) is 9.78 Å². The molecular weight excluding hydrogens is 418 g/mol. The van der Waals surface area contributed by atoms with Gasteiger partial charge in [0.1, 0.15) is 0 Å². The summed E-state index contributed by atoms with van der Waals surface area (Å²) in [5, 5.41) is 6.64. The van der Waals surface area contributed by atoms with Gasteiger partial charge in [-0.25, -0.2) is 0 Å². The quantitative estimate of drug-likeness (QED) is 0.567. The molecule has 7 heteroatoms. The van der Waals surface area contributed by atoms with E-state index in [1.165, 1.54) is 0 Å². The third-order valence-electron chi connectivity index (χ3n) is 6.09. The van der Waals surface area contributed by atoms with Crippen LogP contribution < -0.4 is 30.3 Å². The molecule has 2 aromatic carbocycles. The Morgan fingerprint density at radius 3 is 2.55 bits per heavy atom. The van der Waals surface area contributed by atoms with Crippen molar-refractivity contribution in [3.63, 3.8) is 0 Å². The van der Waals surface area contributed by atoms with Gasteiger partial charge in [0.05, 0.1) is 27.0 Å². The number of benzene rings is 1. The number of fused-ring (bicyclic) bond motifs is 3. The van der Waals surface area contributed by atoms with Crippen LogP contribution in [0.2, 0.25) is 0 Å². The van der Waals surface area contributed by atoms with E-state index in [0.717, 1.165) is 40.7 Å². The second-order valence-electron chi connectivity index (χ2n) is 7.90. The molecule has 0 spiro atoms. The van der Waals surface area contributed by atoms with E-state index < -0.39 is 0 Å². The monoisotopic (exact) mass is 447 g/mol. The van der Waals surface area contributed by atoms with Crippen molar-refractivity contribution in [2.75, 3.05) is 33.7 Å². The van der Waals surface area contributed by atoms with Gasteiger partial charge in [0.25, 0.3) is 0 Å². The lowest BCUT2D eigenvalue weighted by atomic mass is 9.95. The van der Waals surface area contributed by atoms with Crippen LogP contribution in [0.5, 0.6) is 17.2 Å². The highest BCUT2D eigenvalue weighted by Gasteiger charge is 2.28. The first-order valence-corrected chi connectivity index (χ1v) is 10.9. The van der Waals surface area contributed by atoms with E-state index in [9.17, 15) is 4.79 Å². The van der Waals surface area contributed by atoms with Crippen LogP contribution in [0.3, 0.4) is 0 Å². The molecule has 0 amide bonds. The smallest absolute Gasteiger partial charge is 0.203 e. The Labute approximate surface area is 193 Å². The van der Waals surface area contributed by atoms with E-state index in [-0.39, 0.29) is 11.5 Å². The van der Waals surface area contributed by atoms with Gasteiger partial charge in [0, 0.05) is 30.5 Å². The Balaban J connectivity index is 1.89. The molecule has 7 nitrogen and oxygen atoms in total. The number of hydrogen-bond acceptors (Lipinski definition) is 7. The van der Waals surface area contributed by atoms with Crippen LogP contribution in [0.25, 0.3) is 11.1 Å². The first-order valence-electron chi connectivity index (χ1n) is 10.9. The molecule has 0 aliphatic heterocycles. The third kappa shape index (κ3) is 4.36. The molecule has 4 rings (SSSR count). The molecule has 0 fully saturated rings. The summed E-state index contributed by atoms with van der Waals surface area (Å²) in [6.07, 6.45) is 5.15. The van der Waals surface area contributed by atoms with E-state index in [4.69, 9.17) is 14.2 Å². The summed E-state index contributed by atoms with van der Waals surface area (Å²) in [6.45, 7) is 0.512. The lowest BCUT2D eigenvalue weighted by Crippen LogP contribution is -2.18. The minimum atomic E-state index is -0.0664. The molecule has 3 aromatic rings. The fourth-order valence-corrected chi connectivity index (χ4v) is 4.46. The Hall–Kier alpha value is -3.58. The minimum absolute atomic E-state index is 0.0142. The van der Waals surface area contributed by atoms with Gasteiger partial charge >= 0.3 is 0 Å². The summed E-state index contributed by atoms with van der Waals surface area (Å²) in [7, 11) is 6.76. The molecule has 1 aromatic heterocycles.